The molecule has 0 aliphatic heterocycles. The summed E-state index contributed by atoms with van der Waals surface area (Å²) in [6, 6.07) is 0. The molecule has 0 amide bonds. The smallest absolute Gasteiger partial charge is 0.189 e. The third-order valence-corrected chi connectivity index (χ3v) is 27.8. The molecule has 2 atom stereocenters. The molecule has 0 aliphatic rings. The monoisotopic (exact) mass is 583 g/mol. The van der Waals surface area contributed by atoms with Gasteiger partial charge < -0.3 is 4.12 Å². The van der Waals surface area contributed by atoms with Crippen LogP contribution in [0.4, 0.5) is 0 Å². The van der Waals surface area contributed by atoms with Crippen molar-refractivity contribution in [2.75, 3.05) is 0 Å². The second kappa shape index (κ2) is 9.97. The van der Waals surface area contributed by atoms with Crippen LogP contribution in [0.25, 0.3) is 0 Å². The van der Waals surface area contributed by atoms with E-state index in [1.807, 2.05) is 0 Å². The Morgan fingerprint density at radius 3 is 0.487 bits per heavy atom. The largest absolute Gasteiger partial charge is 0.454 e. The van der Waals surface area contributed by atoms with Gasteiger partial charge in [-0.05, 0) is 55.7 Å². The second-order valence-corrected chi connectivity index (χ2v) is 31.1. The Kier molecular flexibility index (Phi) is 10.1. The Labute approximate surface area is 252 Å². The van der Waals surface area contributed by atoms with Crippen LogP contribution in [0.5, 0.6) is 0 Å². The lowest BCUT2D eigenvalue weighted by Crippen LogP contribution is -2.77. The molecule has 0 fully saturated rings. The van der Waals surface area contributed by atoms with Crippen molar-refractivity contribution in [3.05, 3.63) is 0 Å². The molecule has 0 aromatic rings. The van der Waals surface area contributed by atoms with Crippen molar-refractivity contribution in [2.24, 2.45) is 32.5 Å². The lowest BCUT2D eigenvalue weighted by Gasteiger charge is -2.76. The zero-order valence-corrected chi connectivity index (χ0v) is 34.4. The molecule has 0 saturated heterocycles. The Morgan fingerprint density at radius 2 is 0.410 bits per heavy atom. The average molecular weight is 583 g/mol. The minimum Gasteiger partial charge on any atom is -0.454 e. The maximum absolute atomic E-state index is 8.72. The molecule has 2 unspecified atom stereocenters. The van der Waals surface area contributed by atoms with Crippen LogP contribution in [-0.2, 0) is 4.12 Å². The highest BCUT2D eigenvalue weighted by atomic mass is 28.4. The van der Waals surface area contributed by atoms with Gasteiger partial charge in [-0.2, -0.15) is 0 Å². The Hall–Kier alpha value is 0.394. The van der Waals surface area contributed by atoms with E-state index < -0.39 is 16.6 Å². The van der Waals surface area contributed by atoms with Crippen LogP contribution in [-0.4, -0.2) is 16.6 Å². The summed E-state index contributed by atoms with van der Waals surface area (Å²) in [7, 11) is -5.33. The molecule has 0 saturated carbocycles. The molecule has 0 N–H and O–H groups in total. The van der Waals surface area contributed by atoms with Crippen molar-refractivity contribution < 1.29 is 4.12 Å². The van der Waals surface area contributed by atoms with E-state index in [4.69, 9.17) is 4.12 Å². The predicted octanol–water partition coefficient (Wildman–Crippen LogP) is 13.5. The predicted molar refractivity (Wildman–Crippen MR) is 186 cm³/mol. The van der Waals surface area contributed by atoms with Gasteiger partial charge in [-0.25, -0.2) is 0 Å². The van der Waals surface area contributed by atoms with E-state index >= 15 is 0 Å². The number of hydrogen-bond donors (Lipinski definition) is 0. The molecule has 0 aromatic heterocycles. The van der Waals surface area contributed by atoms with E-state index in [0.29, 0.717) is 0 Å². The average Bonchev–Trinajstić information content (AvgIpc) is 2.43. The first-order valence-electron chi connectivity index (χ1n) is 15.9. The van der Waals surface area contributed by atoms with Gasteiger partial charge in [0.1, 0.15) is 0 Å². The van der Waals surface area contributed by atoms with Crippen LogP contribution in [0.2, 0.25) is 33.2 Å². The van der Waals surface area contributed by atoms with E-state index in [-0.39, 0.29) is 52.6 Å². The van der Waals surface area contributed by atoms with E-state index in [1.165, 1.54) is 0 Å². The van der Waals surface area contributed by atoms with Crippen LogP contribution in [0.1, 0.15) is 166 Å². The molecule has 0 rings (SSSR count). The summed E-state index contributed by atoms with van der Waals surface area (Å²) >= 11 is 0. The van der Waals surface area contributed by atoms with Crippen molar-refractivity contribution in [2.45, 2.75) is 199 Å². The molecule has 0 bridgehead atoms. The highest BCUT2D eigenvalue weighted by Gasteiger charge is 2.78. The van der Waals surface area contributed by atoms with Gasteiger partial charge in [0.25, 0.3) is 0 Å². The lowest BCUT2D eigenvalue weighted by atomic mass is 9.55. The fraction of sp³-hybridized carbons (Fsp3) is 1.00. The van der Waals surface area contributed by atoms with Gasteiger partial charge in [0.15, 0.2) is 16.6 Å². The summed E-state index contributed by atoms with van der Waals surface area (Å²) in [6.07, 6.45) is 0. The molecule has 0 aliphatic carbocycles. The topological polar surface area (TPSA) is 9.23 Å². The van der Waals surface area contributed by atoms with Gasteiger partial charge in [-0.3, -0.25) is 0 Å². The molecule has 1 nitrogen and oxygen atoms in total. The third kappa shape index (κ3) is 5.47. The molecule has 0 heterocycles. The minimum atomic E-state index is -2.67. The quantitative estimate of drug-likeness (QED) is 0.299. The van der Waals surface area contributed by atoms with Gasteiger partial charge in [-0.1, -0.05) is 166 Å². The van der Waals surface area contributed by atoms with Crippen LogP contribution >= 0.6 is 0 Å². The highest BCUT2D eigenvalue weighted by molar-refractivity contribution is 6.92. The second-order valence-electron chi connectivity index (χ2n) is 21.7. The zero-order chi connectivity index (χ0) is 32.7. The highest BCUT2D eigenvalue weighted by Crippen LogP contribution is 2.80. The first kappa shape index (κ1) is 39.4. The van der Waals surface area contributed by atoms with Crippen molar-refractivity contribution in [1.29, 1.82) is 0 Å². The number of rotatable bonds is 4. The molecule has 39 heavy (non-hydrogen) atoms. The van der Waals surface area contributed by atoms with Crippen LogP contribution < -0.4 is 0 Å². The molecule has 236 valence electrons. The Bertz CT molecular complexity index is 698. The molecule has 0 spiro atoms. The maximum Gasteiger partial charge on any atom is 0.189 e. The van der Waals surface area contributed by atoms with E-state index in [1.54, 1.807) is 0 Å². The van der Waals surface area contributed by atoms with E-state index in [2.05, 4.69) is 179 Å². The van der Waals surface area contributed by atoms with Gasteiger partial charge >= 0.3 is 0 Å². The zero-order valence-electron chi connectivity index (χ0n) is 32.4. The first-order valence-corrected chi connectivity index (χ1v) is 20.7. The van der Waals surface area contributed by atoms with Crippen LogP contribution in [0.3, 0.4) is 0 Å². The maximum atomic E-state index is 8.72. The van der Waals surface area contributed by atoms with Crippen LogP contribution in [0.15, 0.2) is 0 Å². The van der Waals surface area contributed by atoms with Crippen molar-refractivity contribution >= 4 is 16.6 Å². The van der Waals surface area contributed by atoms with Gasteiger partial charge in [0, 0.05) is 10.1 Å². The lowest BCUT2D eigenvalue weighted by molar-refractivity contribution is -0.0175. The van der Waals surface area contributed by atoms with Gasteiger partial charge in [-0.15, -0.1) is 0 Å². The van der Waals surface area contributed by atoms with Gasteiger partial charge in [0.2, 0.25) is 0 Å². The fourth-order valence-corrected chi connectivity index (χ4v) is 30.8. The Balaban J connectivity index is 8.85. The summed E-state index contributed by atoms with van der Waals surface area (Å²) in [5.74, 6) is 0. The SMILES string of the molecule is CC(C)(C)C(C(C)(C)C)(C(C)(C)C)[Si](C)(O[Si](C)(C(C)(C)C)C(C(C)(C)C)(C(C)(C)C)C(C)(C)C)C(C)(C)C. The number of hydrogen-bond acceptors (Lipinski definition) is 1. The van der Waals surface area contributed by atoms with E-state index in [0.717, 1.165) is 0 Å². The third-order valence-electron chi connectivity index (χ3n) is 11.5. The molecule has 0 aromatic carbocycles. The normalized spacial score (nSPS) is 19.5. The fourth-order valence-electron chi connectivity index (χ4n) is 13.0. The van der Waals surface area contributed by atoms with Gasteiger partial charge in [0.05, 0.1) is 0 Å². The molecule has 0 radical (unpaired) electrons. The Morgan fingerprint density at radius 1 is 0.282 bits per heavy atom. The molecular weight excluding hydrogens is 505 g/mol. The summed E-state index contributed by atoms with van der Waals surface area (Å²) < 4.78 is 8.72. The van der Waals surface area contributed by atoms with E-state index in [9.17, 15) is 0 Å². The van der Waals surface area contributed by atoms with Crippen LogP contribution in [0, 0.1) is 32.5 Å². The summed E-state index contributed by atoms with van der Waals surface area (Å²) in [5, 5.41) is -0.00616. The first-order chi connectivity index (χ1) is 16.2. The minimum absolute atomic E-state index is 0.0275. The van der Waals surface area contributed by atoms with Crippen molar-refractivity contribution in [1.82, 2.24) is 0 Å². The van der Waals surface area contributed by atoms with Crippen molar-refractivity contribution in [3.8, 4) is 0 Å². The molecular formula is C36H78OSi2. The molecule has 3 heteroatoms. The standard InChI is InChI=1S/C36H78OSi2/c1-27(2,3)35(28(4,5)6,29(7,8)9)38(25,33(19,20)21)37-39(26,34(22,23)24)36(30(10,11)12,31(13,14)15)32(16,17)18/h1-26H3. The van der Waals surface area contributed by atoms with Crippen molar-refractivity contribution in [3.63, 3.8) is 0 Å². The summed E-state index contributed by atoms with van der Waals surface area (Å²) in [5.41, 5.74) is 0.243. The summed E-state index contributed by atoms with van der Waals surface area (Å²) in [6.45, 7) is 65.8. The summed E-state index contributed by atoms with van der Waals surface area (Å²) in [4.78, 5) is 0.